The maximum atomic E-state index is 12.5. The highest BCUT2D eigenvalue weighted by Gasteiger charge is 2.33. The van der Waals surface area contributed by atoms with E-state index in [0.717, 1.165) is 18.8 Å². The molecule has 0 bridgehead atoms. The Morgan fingerprint density at radius 2 is 2.35 bits per heavy atom. The second kappa shape index (κ2) is 6.54. The summed E-state index contributed by atoms with van der Waals surface area (Å²) in [5.74, 6) is 1.21. The van der Waals surface area contributed by atoms with E-state index in [9.17, 15) is 4.79 Å². The number of aryl methyl sites for hydroxylation is 1. The number of carbonyl (C=O) groups is 1. The first-order valence-corrected chi connectivity index (χ1v) is 7.96. The first-order valence-electron chi connectivity index (χ1n) is 7.96. The zero-order chi connectivity index (χ0) is 16.4. The Morgan fingerprint density at radius 1 is 1.52 bits per heavy atom. The molecule has 0 unspecified atom stereocenters. The smallest absolute Gasteiger partial charge is 0.254 e. The molecule has 2 aromatic heterocycles. The summed E-state index contributed by atoms with van der Waals surface area (Å²) in [5, 5.41) is 7.30. The summed E-state index contributed by atoms with van der Waals surface area (Å²) >= 11 is 0. The number of nitrogens with one attached hydrogen (secondary N) is 1. The summed E-state index contributed by atoms with van der Waals surface area (Å²) in [6.45, 7) is 5.66. The van der Waals surface area contributed by atoms with Gasteiger partial charge in [-0.05, 0) is 12.3 Å². The molecule has 2 atom stereocenters. The van der Waals surface area contributed by atoms with E-state index in [2.05, 4.69) is 29.2 Å². The van der Waals surface area contributed by atoms with Gasteiger partial charge in [-0.3, -0.25) is 9.48 Å². The van der Waals surface area contributed by atoms with Gasteiger partial charge in [0.2, 0.25) is 0 Å². The molecular weight excluding hydrogens is 294 g/mol. The van der Waals surface area contributed by atoms with E-state index in [1.165, 1.54) is 0 Å². The standard InChI is InChI=1S/C16H23N5O2/c1-11(2)9-21-10-12(8-18-21)16(22)19-13-4-7-23-14(13)15-17-5-6-20(15)3/h5-6,8,10-11,13-14H,4,7,9H2,1-3H3,(H,19,22)/t13-,14-/m0/s1. The summed E-state index contributed by atoms with van der Waals surface area (Å²) in [7, 11) is 1.93. The van der Waals surface area contributed by atoms with Crippen molar-refractivity contribution in [3.8, 4) is 0 Å². The lowest BCUT2D eigenvalue weighted by atomic mass is 10.1. The number of nitrogens with zero attached hydrogens (tertiary/aromatic N) is 4. The minimum atomic E-state index is -0.204. The molecule has 7 heteroatoms. The van der Waals surface area contributed by atoms with Crippen LogP contribution in [0.1, 0.15) is 42.6 Å². The van der Waals surface area contributed by atoms with Gasteiger partial charge in [-0.2, -0.15) is 5.10 Å². The molecule has 0 radical (unpaired) electrons. The van der Waals surface area contributed by atoms with Crippen molar-refractivity contribution < 1.29 is 9.53 Å². The predicted molar refractivity (Wildman–Crippen MR) is 84.8 cm³/mol. The molecule has 2 aromatic rings. The van der Waals surface area contributed by atoms with Crippen LogP contribution in [-0.2, 0) is 18.3 Å². The van der Waals surface area contributed by atoms with E-state index in [1.807, 2.05) is 17.8 Å². The lowest BCUT2D eigenvalue weighted by Crippen LogP contribution is -2.37. The molecule has 1 aliphatic rings. The topological polar surface area (TPSA) is 74.0 Å². The summed E-state index contributed by atoms with van der Waals surface area (Å²) in [5.41, 5.74) is 0.580. The second-order valence-corrected chi connectivity index (χ2v) is 6.40. The van der Waals surface area contributed by atoms with Crippen LogP contribution in [0.4, 0.5) is 0 Å². The molecule has 7 nitrogen and oxygen atoms in total. The molecule has 1 fully saturated rings. The van der Waals surface area contributed by atoms with Crippen molar-refractivity contribution in [3.05, 3.63) is 36.2 Å². The van der Waals surface area contributed by atoms with E-state index < -0.39 is 0 Å². The number of amides is 1. The number of imidazole rings is 1. The molecule has 3 heterocycles. The third kappa shape index (κ3) is 3.44. The Bertz CT molecular complexity index is 676. The molecule has 124 valence electrons. The van der Waals surface area contributed by atoms with Crippen molar-refractivity contribution in [1.29, 1.82) is 0 Å². The quantitative estimate of drug-likeness (QED) is 0.907. The Balaban J connectivity index is 1.67. The van der Waals surface area contributed by atoms with E-state index in [4.69, 9.17) is 4.74 Å². The largest absolute Gasteiger partial charge is 0.368 e. The van der Waals surface area contributed by atoms with Gasteiger partial charge >= 0.3 is 0 Å². The lowest BCUT2D eigenvalue weighted by Gasteiger charge is -2.19. The molecule has 0 aliphatic carbocycles. The molecular formula is C16H23N5O2. The minimum Gasteiger partial charge on any atom is -0.368 e. The van der Waals surface area contributed by atoms with Crippen molar-refractivity contribution in [3.63, 3.8) is 0 Å². The van der Waals surface area contributed by atoms with Crippen LogP contribution in [0.5, 0.6) is 0 Å². The Hall–Kier alpha value is -2.15. The van der Waals surface area contributed by atoms with Crippen LogP contribution >= 0.6 is 0 Å². The van der Waals surface area contributed by atoms with E-state index in [-0.39, 0.29) is 18.1 Å². The summed E-state index contributed by atoms with van der Waals surface area (Å²) in [6, 6.07) is -0.0722. The van der Waals surface area contributed by atoms with Gasteiger partial charge in [-0.1, -0.05) is 13.8 Å². The third-order valence-electron chi connectivity index (χ3n) is 3.97. The summed E-state index contributed by atoms with van der Waals surface area (Å²) in [4.78, 5) is 16.8. The molecule has 0 saturated carbocycles. The fraction of sp³-hybridized carbons (Fsp3) is 0.562. The Morgan fingerprint density at radius 3 is 3.04 bits per heavy atom. The average Bonchev–Trinajstić information content (AvgIpc) is 3.19. The molecule has 1 saturated heterocycles. The van der Waals surface area contributed by atoms with Crippen LogP contribution in [0, 0.1) is 5.92 Å². The fourth-order valence-corrected chi connectivity index (χ4v) is 2.85. The fourth-order valence-electron chi connectivity index (χ4n) is 2.85. The maximum absolute atomic E-state index is 12.5. The number of aromatic nitrogens is 4. The summed E-state index contributed by atoms with van der Waals surface area (Å²) < 4.78 is 9.50. The van der Waals surface area contributed by atoms with Gasteiger partial charge in [0, 0.05) is 38.8 Å². The van der Waals surface area contributed by atoms with Crippen LogP contribution in [0.2, 0.25) is 0 Å². The highest BCUT2D eigenvalue weighted by atomic mass is 16.5. The van der Waals surface area contributed by atoms with Gasteiger partial charge < -0.3 is 14.6 Å². The Labute approximate surface area is 135 Å². The number of hydrogen-bond acceptors (Lipinski definition) is 4. The highest BCUT2D eigenvalue weighted by molar-refractivity contribution is 5.93. The van der Waals surface area contributed by atoms with Crippen molar-refractivity contribution in [2.45, 2.75) is 39.0 Å². The van der Waals surface area contributed by atoms with E-state index in [1.54, 1.807) is 23.3 Å². The maximum Gasteiger partial charge on any atom is 0.254 e. The van der Waals surface area contributed by atoms with Crippen LogP contribution in [-0.4, -0.2) is 37.9 Å². The normalized spacial score (nSPS) is 21.0. The second-order valence-electron chi connectivity index (χ2n) is 6.40. The number of hydrogen-bond donors (Lipinski definition) is 1. The van der Waals surface area contributed by atoms with Crippen molar-refractivity contribution in [2.24, 2.45) is 13.0 Å². The minimum absolute atomic E-state index is 0.0722. The molecule has 0 aromatic carbocycles. The van der Waals surface area contributed by atoms with Gasteiger partial charge in [-0.15, -0.1) is 0 Å². The van der Waals surface area contributed by atoms with Gasteiger partial charge in [0.1, 0.15) is 11.9 Å². The first-order chi connectivity index (χ1) is 11.0. The SMILES string of the molecule is CC(C)Cn1cc(C(=O)N[C@H]2CCO[C@@H]2c2nccn2C)cn1. The number of rotatable bonds is 5. The van der Waals surface area contributed by atoms with Crippen molar-refractivity contribution in [1.82, 2.24) is 24.6 Å². The van der Waals surface area contributed by atoms with Crippen LogP contribution in [0.15, 0.2) is 24.8 Å². The monoisotopic (exact) mass is 317 g/mol. The first kappa shape index (κ1) is 15.7. The van der Waals surface area contributed by atoms with Gasteiger partial charge in [0.15, 0.2) is 0 Å². The highest BCUT2D eigenvalue weighted by Crippen LogP contribution is 2.27. The molecule has 0 spiro atoms. The molecule has 3 rings (SSSR count). The molecule has 1 amide bonds. The third-order valence-corrected chi connectivity index (χ3v) is 3.97. The van der Waals surface area contributed by atoms with Crippen molar-refractivity contribution >= 4 is 5.91 Å². The van der Waals surface area contributed by atoms with Gasteiger partial charge in [-0.25, -0.2) is 4.98 Å². The van der Waals surface area contributed by atoms with Crippen LogP contribution < -0.4 is 5.32 Å². The molecule has 1 N–H and O–H groups in total. The number of ether oxygens (including phenoxy) is 1. The lowest BCUT2D eigenvalue weighted by molar-refractivity contribution is 0.0779. The zero-order valence-corrected chi connectivity index (χ0v) is 13.8. The number of carbonyl (C=O) groups excluding carboxylic acids is 1. The van der Waals surface area contributed by atoms with Crippen LogP contribution in [0.25, 0.3) is 0 Å². The van der Waals surface area contributed by atoms with Crippen molar-refractivity contribution in [2.75, 3.05) is 6.61 Å². The summed E-state index contributed by atoms with van der Waals surface area (Å²) in [6.07, 6.45) is 7.61. The van der Waals surface area contributed by atoms with Gasteiger partial charge in [0.05, 0.1) is 17.8 Å². The predicted octanol–water partition coefficient (Wildman–Crippen LogP) is 1.53. The molecule has 23 heavy (non-hydrogen) atoms. The van der Waals surface area contributed by atoms with Gasteiger partial charge in [0.25, 0.3) is 5.91 Å². The average molecular weight is 317 g/mol. The molecule has 1 aliphatic heterocycles. The van der Waals surface area contributed by atoms with Crippen LogP contribution in [0.3, 0.4) is 0 Å². The van der Waals surface area contributed by atoms with E-state index in [0.29, 0.717) is 18.1 Å². The van der Waals surface area contributed by atoms with E-state index >= 15 is 0 Å². The zero-order valence-electron chi connectivity index (χ0n) is 13.8. The Kier molecular flexibility index (Phi) is 4.47.